The fourth-order valence-corrected chi connectivity index (χ4v) is 8.20. The van der Waals surface area contributed by atoms with Gasteiger partial charge in [0, 0.05) is 24.4 Å². The third-order valence-corrected chi connectivity index (χ3v) is 9.92. The van der Waals surface area contributed by atoms with Gasteiger partial charge in [-0.3, -0.25) is 0 Å². The van der Waals surface area contributed by atoms with Gasteiger partial charge in [0.05, 0.1) is 8.07 Å². The Balaban J connectivity index is 1.67. The van der Waals surface area contributed by atoms with E-state index in [4.69, 9.17) is 4.74 Å². The number of hydrogen-bond acceptors (Lipinski definition) is 2. The maximum atomic E-state index is 6.08. The summed E-state index contributed by atoms with van der Waals surface area (Å²) in [5, 5.41) is 0. The first-order chi connectivity index (χ1) is 14.0. The second-order valence-electron chi connectivity index (χ2n) is 9.14. The van der Waals surface area contributed by atoms with Crippen LogP contribution in [0.2, 0.25) is 13.1 Å². The quantitative estimate of drug-likeness (QED) is 0.408. The molecule has 1 aliphatic carbocycles. The number of aryl methyl sites for hydroxylation is 1. The van der Waals surface area contributed by atoms with Crippen molar-refractivity contribution in [1.29, 1.82) is 0 Å². The Morgan fingerprint density at radius 2 is 1.86 bits per heavy atom. The Morgan fingerprint density at radius 1 is 1.10 bits per heavy atom. The molecule has 2 aromatic rings. The van der Waals surface area contributed by atoms with Crippen LogP contribution in [0.25, 0.3) is 5.70 Å². The number of fused-ring (bicyclic) bond motifs is 1. The van der Waals surface area contributed by atoms with Crippen LogP contribution in [-0.2, 0) is 6.04 Å². The number of allylic oxidation sites excluding steroid dienone is 1. The molecule has 1 heterocycles. The van der Waals surface area contributed by atoms with Gasteiger partial charge >= 0.3 is 0 Å². The molecule has 29 heavy (non-hydrogen) atoms. The van der Waals surface area contributed by atoms with Crippen molar-refractivity contribution in [2.75, 3.05) is 19.7 Å². The second kappa shape index (κ2) is 8.23. The normalized spacial score (nSPS) is 18.5. The third-order valence-electron chi connectivity index (χ3n) is 6.47. The average Bonchev–Trinajstić information content (AvgIpc) is 3.35. The highest BCUT2D eigenvalue weighted by atomic mass is 28.3. The zero-order valence-corrected chi connectivity index (χ0v) is 19.1. The molecule has 1 aliphatic heterocycles. The van der Waals surface area contributed by atoms with Crippen LogP contribution in [-0.4, -0.2) is 32.7 Å². The van der Waals surface area contributed by atoms with Crippen molar-refractivity contribution in [2.45, 2.75) is 44.4 Å². The van der Waals surface area contributed by atoms with Crippen LogP contribution in [0, 0.1) is 6.92 Å². The summed E-state index contributed by atoms with van der Waals surface area (Å²) in [5.41, 5.74) is 7.59. The van der Waals surface area contributed by atoms with E-state index in [9.17, 15) is 0 Å². The second-order valence-corrected chi connectivity index (χ2v) is 14.1. The maximum Gasteiger partial charge on any atom is 0.125 e. The summed E-state index contributed by atoms with van der Waals surface area (Å²) in [6.07, 6.45) is 7.07. The first kappa shape index (κ1) is 20.0. The highest BCUT2D eigenvalue weighted by Crippen LogP contribution is 2.44. The molecule has 0 radical (unpaired) electrons. The summed E-state index contributed by atoms with van der Waals surface area (Å²) in [4.78, 5) is 2.61. The molecule has 0 saturated carbocycles. The van der Waals surface area contributed by atoms with Crippen LogP contribution in [0.4, 0.5) is 0 Å². The first-order valence-corrected chi connectivity index (χ1v) is 14.2. The van der Waals surface area contributed by atoms with Crippen LogP contribution < -0.4 is 4.74 Å². The van der Waals surface area contributed by atoms with Gasteiger partial charge < -0.3 is 9.64 Å². The third kappa shape index (κ3) is 3.93. The van der Waals surface area contributed by atoms with Gasteiger partial charge in [-0.2, -0.15) is 0 Å². The molecular formula is C26H33NOSi. The van der Waals surface area contributed by atoms with Crippen molar-refractivity contribution in [3.05, 3.63) is 83.4 Å². The van der Waals surface area contributed by atoms with Gasteiger partial charge in [-0.15, -0.1) is 0 Å². The number of hydrogen-bond donors (Lipinski definition) is 0. The van der Waals surface area contributed by atoms with Gasteiger partial charge in [-0.1, -0.05) is 74.3 Å². The lowest BCUT2D eigenvalue weighted by Gasteiger charge is -2.30. The van der Waals surface area contributed by atoms with Gasteiger partial charge in [-0.25, -0.2) is 0 Å². The van der Waals surface area contributed by atoms with Crippen LogP contribution >= 0.6 is 0 Å². The predicted octanol–water partition coefficient (Wildman–Crippen LogP) is 6.12. The van der Waals surface area contributed by atoms with E-state index < -0.39 is 8.07 Å². The van der Waals surface area contributed by atoms with Crippen LogP contribution in [0.3, 0.4) is 0 Å². The Kier molecular flexibility index (Phi) is 5.69. The van der Waals surface area contributed by atoms with Crippen molar-refractivity contribution in [2.24, 2.45) is 0 Å². The van der Waals surface area contributed by atoms with E-state index in [0.29, 0.717) is 12.1 Å². The number of benzene rings is 2. The topological polar surface area (TPSA) is 12.5 Å². The summed E-state index contributed by atoms with van der Waals surface area (Å²) in [5.74, 6) is 1.06. The zero-order valence-electron chi connectivity index (χ0n) is 18.1. The van der Waals surface area contributed by atoms with E-state index in [-0.39, 0.29) is 0 Å². The number of nitrogens with zero attached hydrogens (tertiary/aromatic N) is 1. The van der Waals surface area contributed by atoms with E-state index in [0.717, 1.165) is 11.8 Å². The molecule has 1 fully saturated rings. The lowest BCUT2D eigenvalue weighted by atomic mass is 10.1. The number of ether oxygens (including phenoxy) is 1. The van der Waals surface area contributed by atoms with E-state index in [1.54, 1.807) is 0 Å². The first-order valence-electron chi connectivity index (χ1n) is 10.9. The summed E-state index contributed by atoms with van der Waals surface area (Å²) in [7, 11) is -1.66. The van der Waals surface area contributed by atoms with Crippen molar-refractivity contribution in [1.82, 2.24) is 4.90 Å². The summed E-state index contributed by atoms with van der Waals surface area (Å²) in [6, 6.07) is 16.8. The standard InChI is InChI=1S/C26H33NOSi/c1-5-17-28-26-20(2)11-10-12-21(26)19-29(3,4)25-18-24(27-15-8-9-16-27)22-13-6-7-14-23(22)25/h5-7,10-14,18,25H,1,8-9,15-17,19H2,2-4H3. The van der Waals surface area contributed by atoms with E-state index >= 15 is 0 Å². The molecule has 0 amide bonds. The van der Waals surface area contributed by atoms with E-state index in [1.807, 2.05) is 6.08 Å². The van der Waals surface area contributed by atoms with Crippen LogP contribution in [0.5, 0.6) is 5.75 Å². The maximum absolute atomic E-state index is 6.08. The highest BCUT2D eigenvalue weighted by Gasteiger charge is 2.39. The fourth-order valence-electron chi connectivity index (χ4n) is 5.02. The number of likely N-dealkylation sites (tertiary alicyclic amines) is 1. The fraction of sp³-hybridized carbons (Fsp3) is 0.385. The molecule has 0 bridgehead atoms. The molecule has 1 unspecified atom stereocenters. The van der Waals surface area contributed by atoms with Crippen molar-refractivity contribution < 1.29 is 4.74 Å². The largest absolute Gasteiger partial charge is 0.489 e. The molecule has 4 rings (SSSR count). The molecule has 1 atom stereocenters. The van der Waals surface area contributed by atoms with Gasteiger partial charge in [0.2, 0.25) is 0 Å². The minimum absolute atomic E-state index is 0.544. The average molecular weight is 404 g/mol. The smallest absolute Gasteiger partial charge is 0.125 e. The molecule has 1 saturated heterocycles. The molecule has 0 aromatic heterocycles. The highest BCUT2D eigenvalue weighted by molar-refractivity contribution is 6.79. The van der Waals surface area contributed by atoms with Crippen molar-refractivity contribution in [3.63, 3.8) is 0 Å². The van der Waals surface area contributed by atoms with E-state index in [2.05, 4.69) is 80.0 Å². The molecule has 0 N–H and O–H groups in total. The van der Waals surface area contributed by atoms with E-state index in [1.165, 1.54) is 53.9 Å². The van der Waals surface area contributed by atoms with Crippen LogP contribution in [0.15, 0.2) is 61.2 Å². The van der Waals surface area contributed by atoms with Crippen molar-refractivity contribution >= 4 is 13.8 Å². The molecule has 2 nitrogen and oxygen atoms in total. The molecule has 0 spiro atoms. The Labute approximate surface area is 176 Å². The zero-order chi connectivity index (χ0) is 20.4. The number of rotatable bonds is 7. The summed E-state index contributed by atoms with van der Waals surface area (Å²) in [6.45, 7) is 14.0. The minimum atomic E-state index is -1.66. The number of para-hydroxylation sites is 1. The van der Waals surface area contributed by atoms with Gasteiger partial charge in [0.15, 0.2) is 0 Å². The Hall–Kier alpha value is -2.26. The Bertz CT molecular complexity index is 924. The SMILES string of the molecule is C=CCOc1c(C)cccc1C[Si](C)(C)C1C=C(N2CCCC2)c2ccccc21. The lowest BCUT2D eigenvalue weighted by molar-refractivity contribution is 0.357. The van der Waals surface area contributed by atoms with Crippen LogP contribution in [0.1, 0.15) is 40.6 Å². The molecule has 152 valence electrons. The van der Waals surface area contributed by atoms with Gasteiger partial charge in [-0.05, 0) is 48.0 Å². The van der Waals surface area contributed by atoms with Gasteiger partial charge in [0.25, 0.3) is 0 Å². The monoisotopic (exact) mass is 403 g/mol. The lowest BCUT2D eigenvalue weighted by Crippen LogP contribution is -2.36. The van der Waals surface area contributed by atoms with Gasteiger partial charge in [0.1, 0.15) is 12.4 Å². The molecule has 2 aromatic carbocycles. The molecule has 3 heteroatoms. The predicted molar refractivity (Wildman–Crippen MR) is 126 cm³/mol. The minimum Gasteiger partial charge on any atom is -0.489 e. The van der Waals surface area contributed by atoms with Crippen molar-refractivity contribution in [3.8, 4) is 5.75 Å². The Morgan fingerprint density at radius 3 is 2.62 bits per heavy atom. The summed E-state index contributed by atoms with van der Waals surface area (Å²) >= 11 is 0. The summed E-state index contributed by atoms with van der Waals surface area (Å²) < 4.78 is 6.08. The molecule has 2 aliphatic rings. The molecular weight excluding hydrogens is 370 g/mol.